The molecule has 0 aliphatic carbocycles. The molecule has 1 rings (SSSR count). The summed E-state index contributed by atoms with van der Waals surface area (Å²) in [6, 6.07) is 0. The predicted octanol–water partition coefficient (Wildman–Crippen LogP) is 7.73. The highest BCUT2D eigenvalue weighted by molar-refractivity contribution is 7.85. The zero-order valence-electron chi connectivity index (χ0n) is 33.1. The molecule has 0 aromatic carbocycles. The second-order valence-electron chi connectivity index (χ2n) is 15.0. The summed E-state index contributed by atoms with van der Waals surface area (Å²) in [5, 5.41) is 30.8. The van der Waals surface area contributed by atoms with Crippen LogP contribution in [0, 0.1) is 0 Å². The number of ether oxygens (including phenoxy) is 4. The molecule has 1 heterocycles. The van der Waals surface area contributed by atoms with Gasteiger partial charge in [-0.2, -0.15) is 8.42 Å². The van der Waals surface area contributed by atoms with E-state index < -0.39 is 71.2 Å². The summed E-state index contributed by atoms with van der Waals surface area (Å²) in [4.78, 5) is 25.3. The summed E-state index contributed by atoms with van der Waals surface area (Å²) in [7, 11) is -4.59. The number of esters is 2. The number of unbranched alkanes of at least 4 members (excludes halogenated alkanes) is 23. The molecule has 314 valence electrons. The van der Waals surface area contributed by atoms with Crippen LogP contribution in [0.2, 0.25) is 0 Å². The van der Waals surface area contributed by atoms with Crippen molar-refractivity contribution in [2.24, 2.45) is 0 Å². The van der Waals surface area contributed by atoms with Crippen LogP contribution in [0.15, 0.2) is 0 Å². The maximum absolute atomic E-state index is 12.7. The molecule has 1 fully saturated rings. The molecule has 0 aromatic heterocycles. The first-order valence-corrected chi connectivity index (χ1v) is 22.7. The van der Waals surface area contributed by atoms with Crippen LogP contribution in [0.3, 0.4) is 0 Å². The van der Waals surface area contributed by atoms with E-state index in [0.717, 1.165) is 38.5 Å². The highest BCUT2D eigenvalue weighted by Gasteiger charge is 2.46. The molecule has 0 bridgehead atoms. The molecule has 0 amide bonds. The molecule has 0 saturated carbocycles. The van der Waals surface area contributed by atoms with Gasteiger partial charge in [0.05, 0.1) is 6.61 Å². The smallest absolute Gasteiger partial charge is 0.306 e. The quantitative estimate of drug-likeness (QED) is 0.0279. The zero-order chi connectivity index (χ0) is 39.2. The summed E-state index contributed by atoms with van der Waals surface area (Å²) >= 11 is 0. The Morgan fingerprint density at radius 3 is 1.38 bits per heavy atom. The molecule has 1 aliphatic heterocycles. The number of aliphatic hydroxyl groups excluding tert-OH is 3. The van der Waals surface area contributed by atoms with Gasteiger partial charge in [0, 0.05) is 12.8 Å². The largest absolute Gasteiger partial charge is 0.462 e. The van der Waals surface area contributed by atoms with E-state index in [-0.39, 0.29) is 19.4 Å². The van der Waals surface area contributed by atoms with Gasteiger partial charge < -0.3 is 34.3 Å². The molecule has 13 heteroatoms. The maximum atomic E-state index is 12.7. The Hall–Kier alpha value is -1.35. The Kier molecular flexibility index (Phi) is 29.8. The van der Waals surface area contributed by atoms with Crippen LogP contribution in [-0.2, 0) is 38.7 Å². The maximum Gasteiger partial charge on any atom is 0.306 e. The van der Waals surface area contributed by atoms with Gasteiger partial charge in [-0.15, -0.1) is 0 Å². The SMILES string of the molecule is CCCCCCCCCCCCCCCC(=O)O[C@H](COC(=O)CCCCCCCCCCCCCC)CO[C@@H]1O[C@H](CS(=O)(=O)O)[C@@H](O)[C@H](O)[C@H]1O. The summed E-state index contributed by atoms with van der Waals surface area (Å²) in [5.74, 6) is -1.97. The van der Waals surface area contributed by atoms with Gasteiger partial charge in [-0.05, 0) is 12.8 Å². The van der Waals surface area contributed by atoms with E-state index in [1.807, 2.05) is 0 Å². The third-order valence-electron chi connectivity index (χ3n) is 9.94. The van der Waals surface area contributed by atoms with Crippen LogP contribution in [-0.4, -0.2) is 96.0 Å². The molecular weight excluding hydrogens is 704 g/mol. The summed E-state index contributed by atoms with van der Waals surface area (Å²) in [6.45, 7) is 3.75. The number of rotatable bonds is 35. The van der Waals surface area contributed by atoms with E-state index in [4.69, 9.17) is 18.9 Å². The lowest BCUT2D eigenvalue weighted by molar-refractivity contribution is -0.297. The molecule has 4 N–H and O–H groups in total. The van der Waals surface area contributed by atoms with Crippen molar-refractivity contribution in [2.75, 3.05) is 19.0 Å². The summed E-state index contributed by atoms with van der Waals surface area (Å²) in [6.07, 6.45) is 20.1. The number of aliphatic hydroxyl groups is 3. The van der Waals surface area contributed by atoms with Crippen molar-refractivity contribution in [1.82, 2.24) is 0 Å². The van der Waals surface area contributed by atoms with Crippen molar-refractivity contribution in [1.29, 1.82) is 0 Å². The molecule has 0 radical (unpaired) electrons. The van der Waals surface area contributed by atoms with Crippen LogP contribution < -0.4 is 0 Å². The molecule has 53 heavy (non-hydrogen) atoms. The molecule has 0 aromatic rings. The number of hydrogen-bond donors (Lipinski definition) is 4. The molecule has 1 saturated heterocycles. The van der Waals surface area contributed by atoms with Crippen molar-refractivity contribution in [3.05, 3.63) is 0 Å². The van der Waals surface area contributed by atoms with Crippen molar-refractivity contribution in [2.45, 2.75) is 224 Å². The number of carbonyl (C=O) groups excluding carboxylic acids is 2. The minimum Gasteiger partial charge on any atom is -0.462 e. The fourth-order valence-corrected chi connectivity index (χ4v) is 7.31. The number of hydrogen-bond acceptors (Lipinski definition) is 11. The van der Waals surface area contributed by atoms with Crippen LogP contribution in [0.25, 0.3) is 0 Å². The molecule has 0 unspecified atom stereocenters. The third kappa shape index (κ3) is 27.0. The van der Waals surface area contributed by atoms with Gasteiger partial charge in [-0.25, -0.2) is 0 Å². The van der Waals surface area contributed by atoms with Crippen LogP contribution in [0.1, 0.15) is 187 Å². The predicted molar refractivity (Wildman–Crippen MR) is 206 cm³/mol. The molecular formula is C40H76O12S. The third-order valence-corrected chi connectivity index (χ3v) is 10.7. The molecule has 0 spiro atoms. The van der Waals surface area contributed by atoms with Gasteiger partial charge in [-0.3, -0.25) is 14.1 Å². The monoisotopic (exact) mass is 781 g/mol. The first-order valence-electron chi connectivity index (χ1n) is 21.1. The van der Waals surface area contributed by atoms with E-state index in [1.165, 1.54) is 109 Å². The topological polar surface area (TPSA) is 186 Å². The van der Waals surface area contributed by atoms with Crippen LogP contribution in [0.4, 0.5) is 0 Å². The van der Waals surface area contributed by atoms with E-state index in [1.54, 1.807) is 0 Å². The first kappa shape index (κ1) is 49.7. The average Bonchev–Trinajstić information content (AvgIpc) is 3.12. The van der Waals surface area contributed by atoms with Gasteiger partial charge in [0.15, 0.2) is 12.4 Å². The van der Waals surface area contributed by atoms with Crippen molar-refractivity contribution in [3.8, 4) is 0 Å². The fourth-order valence-electron chi connectivity index (χ4n) is 6.62. The van der Waals surface area contributed by atoms with Gasteiger partial charge in [-0.1, -0.05) is 162 Å². The standard InChI is InChI=1S/C40H76O12S/c1-3-5-7-9-11-13-15-17-19-21-23-25-27-29-36(42)51-33(31-50-40-39(45)38(44)37(43)34(52-40)32-53(46,47)48)30-49-35(41)28-26-24-22-20-18-16-14-12-10-8-6-4-2/h33-34,37-40,43-45H,3-32H2,1-2H3,(H,46,47,48)/t33-,34-,37-,38+,39-,40-/m1/s1. The Morgan fingerprint density at radius 1 is 0.566 bits per heavy atom. The van der Waals surface area contributed by atoms with E-state index >= 15 is 0 Å². The lowest BCUT2D eigenvalue weighted by Crippen LogP contribution is -2.60. The van der Waals surface area contributed by atoms with E-state index in [2.05, 4.69) is 13.8 Å². The van der Waals surface area contributed by atoms with Gasteiger partial charge in [0.25, 0.3) is 10.1 Å². The van der Waals surface area contributed by atoms with Gasteiger partial charge >= 0.3 is 11.9 Å². The lowest BCUT2D eigenvalue weighted by Gasteiger charge is -2.40. The lowest BCUT2D eigenvalue weighted by atomic mass is 10.00. The fraction of sp³-hybridized carbons (Fsp3) is 0.950. The average molecular weight is 781 g/mol. The highest BCUT2D eigenvalue weighted by Crippen LogP contribution is 2.24. The molecule has 6 atom stereocenters. The number of carbonyl (C=O) groups is 2. The minimum atomic E-state index is -4.59. The van der Waals surface area contributed by atoms with Crippen molar-refractivity contribution < 1.29 is 56.8 Å². The minimum absolute atomic E-state index is 0.172. The Labute approximate surface area is 321 Å². The Morgan fingerprint density at radius 2 is 0.962 bits per heavy atom. The molecule has 1 aliphatic rings. The van der Waals surface area contributed by atoms with E-state index in [0.29, 0.717) is 12.8 Å². The highest BCUT2D eigenvalue weighted by atomic mass is 32.2. The zero-order valence-corrected chi connectivity index (χ0v) is 34.0. The van der Waals surface area contributed by atoms with Crippen molar-refractivity contribution >= 4 is 22.1 Å². The van der Waals surface area contributed by atoms with Crippen molar-refractivity contribution in [3.63, 3.8) is 0 Å². The van der Waals surface area contributed by atoms with Gasteiger partial charge in [0.2, 0.25) is 0 Å². The second kappa shape index (κ2) is 31.8. The van der Waals surface area contributed by atoms with E-state index in [9.17, 15) is 37.9 Å². The Bertz CT molecular complexity index is 1010. The summed E-state index contributed by atoms with van der Waals surface area (Å²) < 4.78 is 53.9. The van der Waals surface area contributed by atoms with Crippen LogP contribution >= 0.6 is 0 Å². The van der Waals surface area contributed by atoms with Crippen LogP contribution in [0.5, 0.6) is 0 Å². The second-order valence-corrected chi connectivity index (χ2v) is 16.5. The normalized spacial score (nSPS) is 21.1. The molecule has 12 nitrogen and oxygen atoms in total. The van der Waals surface area contributed by atoms with Gasteiger partial charge in [0.1, 0.15) is 36.8 Å². The first-order chi connectivity index (χ1) is 25.5. The summed E-state index contributed by atoms with van der Waals surface area (Å²) in [5.41, 5.74) is 0. The Balaban J connectivity index is 2.48.